The first-order chi connectivity index (χ1) is 11.3. The van der Waals surface area contributed by atoms with Crippen molar-refractivity contribution in [3.8, 4) is 0 Å². The summed E-state index contributed by atoms with van der Waals surface area (Å²) in [6, 6.07) is 0.511. The molecule has 2 aliphatic heterocycles. The van der Waals surface area contributed by atoms with Crippen molar-refractivity contribution >= 4 is 33.3 Å². The monoisotopic (exact) mass is 371 g/mol. The Morgan fingerprint density at radius 3 is 2.46 bits per heavy atom. The molecule has 0 N–H and O–H groups in total. The number of halogens is 1. The first kappa shape index (κ1) is 17.2. The maximum absolute atomic E-state index is 12.8. The Morgan fingerprint density at radius 2 is 1.83 bits per heavy atom. The zero-order valence-electron chi connectivity index (χ0n) is 13.2. The van der Waals surface area contributed by atoms with Crippen molar-refractivity contribution in [3.63, 3.8) is 0 Å². The van der Waals surface area contributed by atoms with Gasteiger partial charge in [0.1, 0.15) is 0 Å². The predicted octanol–water partition coefficient (Wildman–Crippen LogP) is 0.595. The normalized spacial score (nSPS) is 25.4. The molecular formula is C15H18ClN3O4S. The first-order valence-corrected chi connectivity index (χ1v) is 9.93. The van der Waals surface area contributed by atoms with Crippen molar-refractivity contribution in [1.82, 2.24) is 14.8 Å². The highest BCUT2D eigenvalue weighted by molar-refractivity contribution is 7.91. The molecule has 0 radical (unpaired) electrons. The summed E-state index contributed by atoms with van der Waals surface area (Å²) in [6.07, 6.45) is 3.16. The molecule has 24 heavy (non-hydrogen) atoms. The summed E-state index contributed by atoms with van der Waals surface area (Å²) in [5, 5.41) is 0.344. The fourth-order valence-corrected chi connectivity index (χ4v) is 5.57. The van der Waals surface area contributed by atoms with Crippen molar-refractivity contribution in [2.75, 3.05) is 24.6 Å². The van der Waals surface area contributed by atoms with E-state index in [1.54, 1.807) is 16.7 Å². The van der Waals surface area contributed by atoms with Gasteiger partial charge in [-0.25, -0.2) is 8.42 Å². The van der Waals surface area contributed by atoms with E-state index in [9.17, 15) is 18.0 Å². The lowest BCUT2D eigenvalue weighted by Gasteiger charge is -2.43. The third-order valence-corrected chi connectivity index (χ3v) is 6.42. The molecule has 3 heterocycles. The molecule has 3 rings (SSSR count). The zero-order chi connectivity index (χ0) is 17.5. The van der Waals surface area contributed by atoms with Crippen molar-refractivity contribution < 1.29 is 18.0 Å². The molecule has 0 aliphatic carbocycles. The van der Waals surface area contributed by atoms with E-state index in [-0.39, 0.29) is 23.3 Å². The summed E-state index contributed by atoms with van der Waals surface area (Å²) in [4.78, 5) is 32.0. The predicted molar refractivity (Wildman–Crippen MR) is 88.5 cm³/mol. The van der Waals surface area contributed by atoms with Crippen molar-refractivity contribution in [1.29, 1.82) is 0 Å². The van der Waals surface area contributed by atoms with Gasteiger partial charge in [-0.3, -0.25) is 14.6 Å². The lowest BCUT2D eigenvalue weighted by molar-refractivity contribution is -0.135. The van der Waals surface area contributed by atoms with Gasteiger partial charge >= 0.3 is 0 Å². The van der Waals surface area contributed by atoms with Crippen LogP contribution < -0.4 is 0 Å². The minimum absolute atomic E-state index is 0.0846. The zero-order valence-corrected chi connectivity index (χ0v) is 14.8. The summed E-state index contributed by atoms with van der Waals surface area (Å²) in [7, 11) is -3.29. The number of amides is 2. The van der Waals surface area contributed by atoms with Crippen LogP contribution in [0.15, 0.2) is 18.5 Å². The standard InChI is InChI=1S/C15H18ClN3O4S/c1-2-14(20)18-3-4-19(13-9-24(22,23)8-12(13)18)15(21)10-5-11(16)7-17-6-10/h5-7,12-13H,2-4,8-9H2,1H3/t12-,13+/m1/s1. The van der Waals surface area contributed by atoms with Gasteiger partial charge in [0, 0.05) is 31.9 Å². The van der Waals surface area contributed by atoms with Gasteiger partial charge in [0.15, 0.2) is 9.84 Å². The molecule has 0 aromatic carbocycles. The third kappa shape index (κ3) is 3.12. The average Bonchev–Trinajstić information content (AvgIpc) is 2.87. The molecule has 1 aromatic rings. The van der Waals surface area contributed by atoms with Crippen LogP contribution in [0.2, 0.25) is 5.02 Å². The molecule has 2 atom stereocenters. The smallest absolute Gasteiger partial charge is 0.255 e. The molecule has 0 unspecified atom stereocenters. The van der Waals surface area contributed by atoms with Gasteiger partial charge in [-0.05, 0) is 6.07 Å². The number of carbonyl (C=O) groups is 2. The van der Waals surface area contributed by atoms with Crippen molar-refractivity contribution in [2.24, 2.45) is 0 Å². The molecule has 2 amide bonds. The largest absolute Gasteiger partial charge is 0.335 e. The topological polar surface area (TPSA) is 87.7 Å². The summed E-state index contributed by atoms with van der Waals surface area (Å²) in [5.41, 5.74) is 0.320. The number of nitrogens with zero attached hydrogens (tertiary/aromatic N) is 3. The van der Waals surface area contributed by atoms with E-state index < -0.39 is 21.9 Å². The van der Waals surface area contributed by atoms with Crippen LogP contribution in [0.4, 0.5) is 0 Å². The Morgan fingerprint density at radius 1 is 1.21 bits per heavy atom. The molecule has 2 fully saturated rings. The van der Waals surface area contributed by atoms with E-state index in [0.717, 1.165) is 0 Å². The van der Waals surface area contributed by atoms with E-state index in [0.29, 0.717) is 30.1 Å². The van der Waals surface area contributed by atoms with Gasteiger partial charge < -0.3 is 9.80 Å². The van der Waals surface area contributed by atoms with E-state index in [1.807, 2.05) is 0 Å². The summed E-state index contributed by atoms with van der Waals surface area (Å²) < 4.78 is 24.2. The lowest BCUT2D eigenvalue weighted by Crippen LogP contribution is -2.61. The number of aromatic nitrogens is 1. The first-order valence-electron chi connectivity index (χ1n) is 7.74. The second-order valence-electron chi connectivity index (χ2n) is 6.04. The van der Waals surface area contributed by atoms with Gasteiger partial charge in [-0.15, -0.1) is 0 Å². The fourth-order valence-electron chi connectivity index (χ4n) is 3.41. The second-order valence-corrected chi connectivity index (χ2v) is 8.63. The van der Waals surface area contributed by atoms with E-state index >= 15 is 0 Å². The Labute approximate surface area is 145 Å². The molecule has 2 saturated heterocycles. The Kier molecular flexibility index (Phi) is 4.52. The number of hydrogen-bond donors (Lipinski definition) is 0. The number of rotatable bonds is 2. The average molecular weight is 372 g/mol. The third-order valence-electron chi connectivity index (χ3n) is 4.51. The minimum Gasteiger partial charge on any atom is -0.335 e. The number of hydrogen-bond acceptors (Lipinski definition) is 5. The molecule has 1 aromatic heterocycles. The Bertz CT molecular complexity index is 783. The van der Waals surface area contributed by atoms with Gasteiger partial charge in [-0.2, -0.15) is 0 Å². The number of carbonyl (C=O) groups excluding carboxylic acids is 2. The summed E-state index contributed by atoms with van der Waals surface area (Å²) in [5.74, 6) is -0.606. The number of fused-ring (bicyclic) bond motifs is 1. The number of sulfone groups is 1. The highest BCUT2D eigenvalue weighted by Gasteiger charge is 2.49. The molecule has 0 bridgehead atoms. The van der Waals surface area contributed by atoms with E-state index in [2.05, 4.69) is 4.98 Å². The molecule has 2 aliphatic rings. The Balaban J connectivity index is 1.91. The maximum Gasteiger partial charge on any atom is 0.255 e. The van der Waals surface area contributed by atoms with Gasteiger partial charge in [0.25, 0.3) is 5.91 Å². The molecular weight excluding hydrogens is 354 g/mol. The lowest BCUT2D eigenvalue weighted by atomic mass is 10.0. The van der Waals surface area contributed by atoms with E-state index in [1.165, 1.54) is 18.5 Å². The van der Waals surface area contributed by atoms with Crippen LogP contribution in [0, 0.1) is 0 Å². The van der Waals surface area contributed by atoms with Crippen LogP contribution in [-0.4, -0.2) is 71.7 Å². The Hall–Kier alpha value is -1.67. The summed E-state index contributed by atoms with van der Waals surface area (Å²) >= 11 is 5.89. The van der Waals surface area contributed by atoms with Crippen LogP contribution in [0.1, 0.15) is 23.7 Å². The van der Waals surface area contributed by atoms with Crippen LogP contribution in [-0.2, 0) is 14.6 Å². The van der Waals surface area contributed by atoms with Crippen LogP contribution in [0.3, 0.4) is 0 Å². The van der Waals surface area contributed by atoms with Crippen LogP contribution in [0.25, 0.3) is 0 Å². The van der Waals surface area contributed by atoms with Crippen molar-refractivity contribution in [2.45, 2.75) is 25.4 Å². The van der Waals surface area contributed by atoms with Gasteiger partial charge in [-0.1, -0.05) is 18.5 Å². The number of piperazine rings is 1. The molecule has 9 heteroatoms. The van der Waals surface area contributed by atoms with Gasteiger partial charge in [0.2, 0.25) is 5.91 Å². The fraction of sp³-hybridized carbons (Fsp3) is 0.533. The summed E-state index contributed by atoms with van der Waals surface area (Å²) in [6.45, 7) is 2.38. The maximum atomic E-state index is 12.8. The molecule has 0 spiro atoms. The van der Waals surface area contributed by atoms with Crippen LogP contribution in [0.5, 0.6) is 0 Å². The van der Waals surface area contributed by atoms with Crippen LogP contribution >= 0.6 is 11.6 Å². The SMILES string of the molecule is CCC(=O)N1CCN(C(=O)c2cncc(Cl)c2)[C@H]2CS(=O)(=O)C[C@H]21. The van der Waals surface area contributed by atoms with E-state index in [4.69, 9.17) is 11.6 Å². The second kappa shape index (κ2) is 6.33. The quantitative estimate of drug-likeness (QED) is 0.759. The van der Waals surface area contributed by atoms with Gasteiger partial charge in [0.05, 0.1) is 34.2 Å². The molecule has 130 valence electrons. The van der Waals surface area contributed by atoms with Crippen molar-refractivity contribution in [3.05, 3.63) is 29.0 Å². The highest BCUT2D eigenvalue weighted by Crippen LogP contribution is 2.28. The molecule has 7 nitrogen and oxygen atoms in total. The highest BCUT2D eigenvalue weighted by atomic mass is 35.5. The minimum atomic E-state index is -3.29. The molecule has 0 saturated carbocycles. The number of pyridine rings is 1.